The van der Waals surface area contributed by atoms with Crippen molar-refractivity contribution in [3.63, 3.8) is 0 Å². The van der Waals surface area contributed by atoms with Gasteiger partial charge in [-0.05, 0) is 66.8 Å². The van der Waals surface area contributed by atoms with Crippen LogP contribution in [0.4, 0.5) is 0 Å². The monoisotopic (exact) mass is 327 g/mol. The van der Waals surface area contributed by atoms with E-state index in [9.17, 15) is 0 Å². The highest BCUT2D eigenvalue weighted by molar-refractivity contribution is 9.10. The molecule has 0 bridgehead atoms. The lowest BCUT2D eigenvalue weighted by Gasteiger charge is -2.18. The first-order valence-corrected chi connectivity index (χ1v) is 6.86. The van der Waals surface area contributed by atoms with Crippen LogP contribution in [0.1, 0.15) is 34.1 Å². The minimum Gasteiger partial charge on any atom is -0.448 e. The van der Waals surface area contributed by atoms with Gasteiger partial charge in [0.05, 0.1) is 6.04 Å². The van der Waals surface area contributed by atoms with E-state index >= 15 is 0 Å². The van der Waals surface area contributed by atoms with E-state index in [1.165, 1.54) is 5.56 Å². The third-order valence-corrected chi connectivity index (χ3v) is 4.57. The van der Waals surface area contributed by atoms with Crippen molar-refractivity contribution < 1.29 is 4.42 Å². The summed E-state index contributed by atoms with van der Waals surface area (Å²) in [6.45, 7) is 6.19. The Morgan fingerprint density at radius 1 is 1.22 bits per heavy atom. The molecule has 2 aromatic rings. The lowest BCUT2D eigenvalue weighted by molar-refractivity contribution is 0.490. The molecule has 0 aliphatic rings. The molecular formula is C14H15BrClNO. The Bertz CT molecular complexity index is 592. The van der Waals surface area contributed by atoms with E-state index in [1.807, 2.05) is 6.07 Å². The zero-order chi connectivity index (χ0) is 13.4. The van der Waals surface area contributed by atoms with Crippen molar-refractivity contribution in [2.75, 3.05) is 0 Å². The van der Waals surface area contributed by atoms with Crippen LogP contribution in [0.5, 0.6) is 0 Å². The second kappa shape index (κ2) is 5.08. The molecule has 0 aliphatic carbocycles. The van der Waals surface area contributed by atoms with Gasteiger partial charge in [0.25, 0.3) is 0 Å². The molecule has 1 atom stereocenters. The normalized spacial score (nSPS) is 12.8. The lowest BCUT2D eigenvalue weighted by atomic mass is 9.93. The molecule has 2 rings (SSSR count). The average molecular weight is 329 g/mol. The maximum absolute atomic E-state index is 6.28. The summed E-state index contributed by atoms with van der Waals surface area (Å²) in [7, 11) is 0. The van der Waals surface area contributed by atoms with Crippen LogP contribution in [0.3, 0.4) is 0 Å². The fourth-order valence-corrected chi connectivity index (χ4v) is 2.77. The fraction of sp³-hybridized carbons (Fsp3) is 0.286. The van der Waals surface area contributed by atoms with Gasteiger partial charge in [0.2, 0.25) is 0 Å². The van der Waals surface area contributed by atoms with Gasteiger partial charge in [0, 0.05) is 4.47 Å². The number of hydrogen-bond donors (Lipinski definition) is 1. The topological polar surface area (TPSA) is 39.2 Å². The van der Waals surface area contributed by atoms with Crippen LogP contribution in [0.25, 0.3) is 0 Å². The van der Waals surface area contributed by atoms with Crippen LogP contribution in [0.15, 0.2) is 27.1 Å². The van der Waals surface area contributed by atoms with Crippen LogP contribution >= 0.6 is 27.5 Å². The highest BCUT2D eigenvalue weighted by atomic mass is 79.9. The smallest absolute Gasteiger partial charge is 0.193 e. The first-order chi connectivity index (χ1) is 8.41. The molecule has 1 aromatic carbocycles. The summed E-state index contributed by atoms with van der Waals surface area (Å²) < 4.78 is 6.50. The standard InChI is InChI=1S/C14H15BrClNO/c1-7-6-8(2)13(15)9(3)12(7)14(17)10-4-5-11(16)18-10/h4-6,14H,17H2,1-3H3. The van der Waals surface area contributed by atoms with Crippen molar-refractivity contribution in [1.82, 2.24) is 0 Å². The van der Waals surface area contributed by atoms with E-state index in [4.69, 9.17) is 21.8 Å². The molecule has 0 saturated carbocycles. The van der Waals surface area contributed by atoms with E-state index in [-0.39, 0.29) is 6.04 Å². The quantitative estimate of drug-likeness (QED) is 0.870. The van der Waals surface area contributed by atoms with Gasteiger partial charge in [-0.1, -0.05) is 22.0 Å². The zero-order valence-corrected chi connectivity index (χ0v) is 12.9. The molecule has 18 heavy (non-hydrogen) atoms. The van der Waals surface area contributed by atoms with Crippen molar-refractivity contribution in [3.05, 3.63) is 55.9 Å². The third-order valence-electron chi connectivity index (χ3n) is 3.15. The number of hydrogen-bond acceptors (Lipinski definition) is 2. The van der Waals surface area contributed by atoms with Gasteiger partial charge >= 0.3 is 0 Å². The van der Waals surface area contributed by atoms with Crippen molar-refractivity contribution >= 4 is 27.5 Å². The first kappa shape index (κ1) is 13.7. The average Bonchev–Trinajstić information content (AvgIpc) is 2.73. The largest absolute Gasteiger partial charge is 0.448 e. The Kier molecular flexibility index (Phi) is 3.85. The molecule has 0 fully saturated rings. The summed E-state index contributed by atoms with van der Waals surface area (Å²) in [6.07, 6.45) is 0. The molecule has 0 amide bonds. The Labute approximate surface area is 120 Å². The molecule has 1 heterocycles. The summed E-state index contributed by atoms with van der Waals surface area (Å²) in [4.78, 5) is 0. The van der Waals surface area contributed by atoms with Crippen molar-refractivity contribution in [2.24, 2.45) is 5.73 Å². The van der Waals surface area contributed by atoms with E-state index in [0.717, 1.165) is 21.2 Å². The number of nitrogens with two attached hydrogens (primary N) is 1. The first-order valence-electron chi connectivity index (χ1n) is 5.68. The highest BCUT2D eigenvalue weighted by Crippen LogP contribution is 2.33. The fourth-order valence-electron chi connectivity index (χ4n) is 2.29. The maximum Gasteiger partial charge on any atom is 0.193 e. The Morgan fingerprint density at radius 2 is 1.89 bits per heavy atom. The van der Waals surface area contributed by atoms with Crippen LogP contribution in [-0.4, -0.2) is 0 Å². The number of benzene rings is 1. The minimum atomic E-state index is -0.297. The van der Waals surface area contributed by atoms with Crippen LogP contribution in [0.2, 0.25) is 5.22 Å². The number of furan rings is 1. The Balaban J connectivity index is 2.54. The van der Waals surface area contributed by atoms with Crippen molar-refractivity contribution in [2.45, 2.75) is 26.8 Å². The molecule has 0 spiro atoms. The molecule has 4 heteroatoms. The molecule has 1 aromatic heterocycles. The van der Waals surface area contributed by atoms with Gasteiger partial charge in [0.1, 0.15) is 5.76 Å². The summed E-state index contributed by atoms with van der Waals surface area (Å²) in [5.74, 6) is 0.682. The molecular weight excluding hydrogens is 314 g/mol. The molecule has 1 unspecified atom stereocenters. The second-order valence-electron chi connectivity index (χ2n) is 4.48. The second-order valence-corrected chi connectivity index (χ2v) is 5.65. The van der Waals surface area contributed by atoms with E-state index in [0.29, 0.717) is 11.0 Å². The third kappa shape index (κ3) is 2.35. The molecule has 2 N–H and O–H groups in total. The highest BCUT2D eigenvalue weighted by Gasteiger charge is 2.19. The summed E-state index contributed by atoms with van der Waals surface area (Å²) in [5.41, 5.74) is 10.9. The zero-order valence-electron chi connectivity index (χ0n) is 10.6. The van der Waals surface area contributed by atoms with E-state index < -0.39 is 0 Å². The van der Waals surface area contributed by atoms with Gasteiger partial charge in [-0.15, -0.1) is 0 Å². The minimum absolute atomic E-state index is 0.297. The molecule has 0 saturated heterocycles. The number of halogens is 2. The molecule has 0 aliphatic heterocycles. The Morgan fingerprint density at radius 3 is 2.44 bits per heavy atom. The lowest BCUT2D eigenvalue weighted by Crippen LogP contribution is -2.14. The molecule has 0 radical (unpaired) electrons. The predicted molar refractivity (Wildman–Crippen MR) is 78.1 cm³/mol. The summed E-state index contributed by atoms with van der Waals surface area (Å²) in [6, 6.07) is 5.36. The number of aryl methyl sites for hydroxylation is 2. The summed E-state index contributed by atoms with van der Waals surface area (Å²) >= 11 is 9.39. The van der Waals surface area contributed by atoms with Crippen LogP contribution in [-0.2, 0) is 0 Å². The van der Waals surface area contributed by atoms with Gasteiger partial charge in [0.15, 0.2) is 5.22 Å². The van der Waals surface area contributed by atoms with Crippen LogP contribution in [0, 0.1) is 20.8 Å². The molecule has 96 valence electrons. The van der Waals surface area contributed by atoms with Crippen LogP contribution < -0.4 is 5.73 Å². The number of rotatable bonds is 2. The van der Waals surface area contributed by atoms with E-state index in [2.05, 4.69) is 42.8 Å². The van der Waals surface area contributed by atoms with E-state index in [1.54, 1.807) is 6.07 Å². The SMILES string of the molecule is Cc1cc(C)c(C(N)c2ccc(Cl)o2)c(C)c1Br. The van der Waals surface area contributed by atoms with Gasteiger partial charge in [-0.3, -0.25) is 0 Å². The van der Waals surface area contributed by atoms with Crippen molar-refractivity contribution in [1.29, 1.82) is 0 Å². The van der Waals surface area contributed by atoms with Gasteiger partial charge in [-0.25, -0.2) is 0 Å². The van der Waals surface area contributed by atoms with Gasteiger partial charge < -0.3 is 10.2 Å². The maximum atomic E-state index is 6.28. The van der Waals surface area contributed by atoms with Gasteiger partial charge in [-0.2, -0.15) is 0 Å². The Hall–Kier alpha value is -0.770. The molecule has 2 nitrogen and oxygen atoms in total. The van der Waals surface area contributed by atoms with Crippen molar-refractivity contribution in [3.8, 4) is 0 Å². The summed E-state index contributed by atoms with van der Waals surface area (Å²) in [5, 5.41) is 0.363. The predicted octanol–water partition coefficient (Wildman–Crippen LogP) is 4.67.